The Bertz CT molecular complexity index is 1040. The van der Waals surface area contributed by atoms with Gasteiger partial charge in [-0.15, -0.1) is 0 Å². The van der Waals surface area contributed by atoms with E-state index in [2.05, 4.69) is 15.4 Å². The van der Waals surface area contributed by atoms with Gasteiger partial charge in [-0.05, 0) is 39.3 Å². The van der Waals surface area contributed by atoms with Crippen LogP contribution in [-0.4, -0.2) is 31.0 Å². The zero-order chi connectivity index (χ0) is 20.3. The zero-order valence-corrected chi connectivity index (χ0v) is 17.4. The van der Waals surface area contributed by atoms with E-state index in [1.165, 1.54) is 11.8 Å². The number of hydrogen-bond acceptors (Lipinski definition) is 5. The maximum atomic E-state index is 13.0. The standard InChI is InChI=1S/C20H25N5O2S/c1-5-14(4)24-19(27)15-8-6-7-9-16(15)22-20(24)28-12-18(26)23-17-10-11-21-25(17)13(2)3/h6-11,13-14H,5,12H2,1-4H3,(H,23,26)/t14-/m0/s1. The van der Waals surface area contributed by atoms with E-state index >= 15 is 0 Å². The largest absolute Gasteiger partial charge is 0.310 e. The number of thioether (sulfide) groups is 1. The van der Waals surface area contributed by atoms with Gasteiger partial charge in [-0.3, -0.25) is 14.2 Å². The van der Waals surface area contributed by atoms with E-state index in [9.17, 15) is 9.59 Å². The number of benzene rings is 1. The summed E-state index contributed by atoms with van der Waals surface area (Å²) in [6.07, 6.45) is 2.46. The summed E-state index contributed by atoms with van der Waals surface area (Å²) < 4.78 is 3.45. The van der Waals surface area contributed by atoms with Crippen LogP contribution in [0, 0.1) is 0 Å². The number of nitrogens with zero attached hydrogens (tertiary/aromatic N) is 4. The molecule has 0 saturated carbocycles. The van der Waals surface area contributed by atoms with Gasteiger partial charge in [0, 0.05) is 18.2 Å². The van der Waals surface area contributed by atoms with Crippen LogP contribution in [0.1, 0.15) is 46.2 Å². The van der Waals surface area contributed by atoms with E-state index in [4.69, 9.17) is 0 Å². The Kier molecular flexibility index (Phi) is 6.18. The summed E-state index contributed by atoms with van der Waals surface area (Å²) in [6.45, 7) is 8.02. The SMILES string of the molecule is CC[C@H](C)n1c(SCC(=O)Nc2ccnn2C(C)C)nc2ccccc2c1=O. The molecule has 0 radical (unpaired) electrons. The summed E-state index contributed by atoms with van der Waals surface area (Å²) in [5.41, 5.74) is 0.577. The van der Waals surface area contributed by atoms with Gasteiger partial charge in [0.15, 0.2) is 5.16 Å². The molecule has 0 spiro atoms. The highest BCUT2D eigenvalue weighted by atomic mass is 32.2. The van der Waals surface area contributed by atoms with Gasteiger partial charge < -0.3 is 5.32 Å². The lowest BCUT2D eigenvalue weighted by molar-refractivity contribution is -0.113. The maximum Gasteiger partial charge on any atom is 0.262 e. The average molecular weight is 400 g/mol. The number of carbonyl (C=O) groups excluding carboxylic acids is 1. The molecule has 1 atom stereocenters. The van der Waals surface area contributed by atoms with Crippen molar-refractivity contribution in [3.8, 4) is 0 Å². The minimum Gasteiger partial charge on any atom is -0.310 e. The first kappa shape index (κ1) is 20.1. The Morgan fingerprint density at radius 1 is 1.21 bits per heavy atom. The van der Waals surface area contributed by atoms with Crippen molar-refractivity contribution in [3.05, 3.63) is 46.9 Å². The van der Waals surface area contributed by atoms with Gasteiger partial charge in [-0.1, -0.05) is 30.8 Å². The number of carbonyl (C=O) groups is 1. The van der Waals surface area contributed by atoms with E-state index in [0.29, 0.717) is 21.9 Å². The third-order valence-corrected chi connectivity index (χ3v) is 5.52. The molecule has 28 heavy (non-hydrogen) atoms. The third-order valence-electron chi connectivity index (χ3n) is 4.57. The summed E-state index contributed by atoms with van der Waals surface area (Å²) >= 11 is 1.27. The predicted octanol–water partition coefficient (Wildman–Crippen LogP) is 3.88. The minimum atomic E-state index is -0.162. The Balaban J connectivity index is 1.84. The van der Waals surface area contributed by atoms with Crippen LogP contribution in [0.2, 0.25) is 0 Å². The van der Waals surface area contributed by atoms with Crippen LogP contribution in [0.25, 0.3) is 10.9 Å². The van der Waals surface area contributed by atoms with Crippen LogP contribution in [-0.2, 0) is 4.79 Å². The van der Waals surface area contributed by atoms with Crippen molar-refractivity contribution in [2.75, 3.05) is 11.1 Å². The molecular weight excluding hydrogens is 374 g/mol. The second-order valence-corrected chi connectivity index (χ2v) is 7.88. The predicted molar refractivity (Wildman–Crippen MR) is 113 cm³/mol. The maximum absolute atomic E-state index is 13.0. The molecule has 0 saturated heterocycles. The van der Waals surface area contributed by atoms with Crippen molar-refractivity contribution in [1.82, 2.24) is 19.3 Å². The van der Waals surface area contributed by atoms with Gasteiger partial charge in [0.25, 0.3) is 5.56 Å². The van der Waals surface area contributed by atoms with Crippen molar-refractivity contribution in [1.29, 1.82) is 0 Å². The number of fused-ring (bicyclic) bond motifs is 1. The van der Waals surface area contributed by atoms with Crippen molar-refractivity contribution >= 4 is 34.4 Å². The molecule has 8 heteroatoms. The van der Waals surface area contributed by atoms with Crippen molar-refractivity contribution in [2.24, 2.45) is 0 Å². The van der Waals surface area contributed by atoms with Crippen LogP contribution >= 0.6 is 11.8 Å². The van der Waals surface area contributed by atoms with Crippen molar-refractivity contribution in [2.45, 2.75) is 51.4 Å². The summed E-state index contributed by atoms with van der Waals surface area (Å²) in [5, 5.41) is 8.26. The van der Waals surface area contributed by atoms with E-state index in [1.54, 1.807) is 27.6 Å². The number of para-hydroxylation sites is 1. The quantitative estimate of drug-likeness (QED) is 0.482. The number of amides is 1. The molecule has 2 aromatic heterocycles. The van der Waals surface area contributed by atoms with Crippen LogP contribution in [0.4, 0.5) is 5.82 Å². The average Bonchev–Trinajstić information content (AvgIpc) is 3.14. The van der Waals surface area contributed by atoms with Gasteiger partial charge >= 0.3 is 0 Å². The molecule has 1 aromatic carbocycles. The fourth-order valence-corrected chi connectivity index (χ4v) is 3.83. The molecule has 0 fully saturated rings. The lowest BCUT2D eigenvalue weighted by Crippen LogP contribution is -2.27. The summed E-state index contributed by atoms with van der Waals surface area (Å²) in [5.74, 6) is 0.654. The molecule has 148 valence electrons. The number of nitrogens with one attached hydrogen (secondary N) is 1. The van der Waals surface area contributed by atoms with E-state index in [0.717, 1.165) is 6.42 Å². The van der Waals surface area contributed by atoms with Gasteiger partial charge in [-0.2, -0.15) is 5.10 Å². The van der Waals surface area contributed by atoms with E-state index < -0.39 is 0 Å². The molecule has 0 aliphatic rings. The Hall–Kier alpha value is -2.61. The molecule has 1 N–H and O–H groups in total. The second kappa shape index (κ2) is 8.60. The van der Waals surface area contributed by atoms with Crippen LogP contribution in [0.5, 0.6) is 0 Å². The van der Waals surface area contributed by atoms with Crippen molar-refractivity contribution in [3.63, 3.8) is 0 Å². The molecule has 0 aliphatic heterocycles. The number of aromatic nitrogens is 4. The van der Waals surface area contributed by atoms with Crippen molar-refractivity contribution < 1.29 is 4.79 Å². The van der Waals surface area contributed by atoms with Gasteiger partial charge in [0.05, 0.1) is 22.9 Å². The number of hydrogen-bond donors (Lipinski definition) is 1. The molecule has 3 aromatic rings. The molecule has 0 aliphatic carbocycles. The van der Waals surface area contributed by atoms with Crippen LogP contribution in [0.3, 0.4) is 0 Å². The topological polar surface area (TPSA) is 81.8 Å². The van der Waals surface area contributed by atoms with Crippen LogP contribution in [0.15, 0.2) is 46.5 Å². The summed E-state index contributed by atoms with van der Waals surface area (Å²) in [4.78, 5) is 30.1. The first-order valence-corrected chi connectivity index (χ1v) is 10.4. The molecule has 1 amide bonds. The monoisotopic (exact) mass is 399 g/mol. The molecule has 3 rings (SSSR count). The van der Waals surface area contributed by atoms with Gasteiger partial charge in [0.2, 0.25) is 5.91 Å². The Morgan fingerprint density at radius 2 is 1.96 bits per heavy atom. The zero-order valence-electron chi connectivity index (χ0n) is 16.5. The lowest BCUT2D eigenvalue weighted by atomic mass is 10.2. The molecule has 0 unspecified atom stereocenters. The van der Waals surface area contributed by atoms with Gasteiger partial charge in [-0.25, -0.2) is 9.67 Å². The van der Waals surface area contributed by atoms with Crippen LogP contribution < -0.4 is 10.9 Å². The number of rotatable bonds is 7. The molecule has 7 nitrogen and oxygen atoms in total. The normalized spacial score (nSPS) is 12.5. The van der Waals surface area contributed by atoms with Gasteiger partial charge in [0.1, 0.15) is 5.82 Å². The third kappa shape index (κ3) is 4.11. The minimum absolute atomic E-state index is 0.00228. The fourth-order valence-electron chi connectivity index (χ4n) is 2.93. The lowest BCUT2D eigenvalue weighted by Gasteiger charge is -2.18. The molecule has 0 bridgehead atoms. The fraction of sp³-hybridized carbons (Fsp3) is 0.400. The highest BCUT2D eigenvalue weighted by molar-refractivity contribution is 7.99. The second-order valence-electron chi connectivity index (χ2n) is 6.94. The summed E-state index contributed by atoms with van der Waals surface area (Å²) in [6, 6.07) is 9.22. The Morgan fingerprint density at radius 3 is 2.68 bits per heavy atom. The Labute approximate surface area is 168 Å². The van der Waals surface area contributed by atoms with E-state index in [-0.39, 0.29) is 29.3 Å². The number of anilines is 1. The smallest absolute Gasteiger partial charge is 0.262 e. The highest BCUT2D eigenvalue weighted by Crippen LogP contribution is 2.23. The molecule has 2 heterocycles. The first-order chi connectivity index (χ1) is 13.4. The highest BCUT2D eigenvalue weighted by Gasteiger charge is 2.17. The van der Waals surface area contributed by atoms with E-state index in [1.807, 2.05) is 45.9 Å². The first-order valence-electron chi connectivity index (χ1n) is 9.39. The molecular formula is C20H25N5O2S. The summed E-state index contributed by atoms with van der Waals surface area (Å²) in [7, 11) is 0.